The summed E-state index contributed by atoms with van der Waals surface area (Å²) >= 11 is 6.07. The van der Waals surface area contributed by atoms with Gasteiger partial charge < -0.3 is 15.0 Å². The van der Waals surface area contributed by atoms with E-state index in [1.807, 2.05) is 6.07 Å². The number of anilines is 1. The van der Waals surface area contributed by atoms with E-state index in [9.17, 15) is 19.2 Å². The molecule has 0 spiro atoms. The van der Waals surface area contributed by atoms with Gasteiger partial charge in [-0.05, 0) is 45.4 Å². The second-order valence-electron chi connectivity index (χ2n) is 8.99. The van der Waals surface area contributed by atoms with Crippen molar-refractivity contribution < 1.29 is 23.6 Å². The zero-order valence-corrected chi connectivity index (χ0v) is 21.0. The number of carboxylic acid groups (broad SMARTS) is 1. The Kier molecular flexibility index (Phi) is 6.42. The molecule has 2 aromatic rings. The molecule has 0 aliphatic carbocycles. The summed E-state index contributed by atoms with van der Waals surface area (Å²) in [5.74, 6) is -1.52. The van der Waals surface area contributed by atoms with Gasteiger partial charge in [0.1, 0.15) is 40.5 Å². The molecule has 11 nitrogen and oxygen atoms in total. The van der Waals surface area contributed by atoms with Crippen molar-refractivity contribution in [1.82, 2.24) is 20.0 Å². The highest BCUT2D eigenvalue weighted by atomic mass is 35.5. The molecule has 0 saturated carbocycles. The van der Waals surface area contributed by atoms with Crippen molar-refractivity contribution in [1.29, 1.82) is 5.26 Å². The highest BCUT2D eigenvalue weighted by Crippen LogP contribution is 2.67. The lowest BCUT2D eigenvalue weighted by Gasteiger charge is -2.56. The van der Waals surface area contributed by atoms with Crippen molar-refractivity contribution in [2.45, 2.75) is 42.7 Å². The fourth-order valence-electron chi connectivity index (χ4n) is 4.55. The van der Waals surface area contributed by atoms with E-state index in [-0.39, 0.29) is 33.6 Å². The third-order valence-corrected chi connectivity index (χ3v) is 10.6. The van der Waals surface area contributed by atoms with E-state index in [2.05, 4.69) is 30.3 Å². The molecule has 2 aliphatic rings. The summed E-state index contributed by atoms with van der Waals surface area (Å²) in [6, 6.07) is 5.51. The number of pyridine rings is 2. The monoisotopic (exact) mass is 535 g/mol. The van der Waals surface area contributed by atoms with Crippen LogP contribution in [0.5, 0.6) is 0 Å². The van der Waals surface area contributed by atoms with Crippen LogP contribution in [0, 0.1) is 17.1 Å². The van der Waals surface area contributed by atoms with E-state index in [1.165, 1.54) is 18.3 Å². The number of aromatic nitrogens is 2. The van der Waals surface area contributed by atoms with Crippen LogP contribution in [-0.4, -0.2) is 54.0 Å². The largest absolute Gasteiger partial charge is 0.465 e. The first-order valence-corrected chi connectivity index (χ1v) is 12.8. The normalized spacial score (nSPS) is 28.1. The molecule has 36 heavy (non-hydrogen) atoms. The van der Waals surface area contributed by atoms with Gasteiger partial charge in [0.2, 0.25) is 0 Å². The average molecular weight is 536 g/mol. The smallest absolute Gasteiger partial charge is 0.410 e. The van der Waals surface area contributed by atoms with Gasteiger partial charge in [-0.3, -0.25) is 19.8 Å². The van der Waals surface area contributed by atoms with Crippen LogP contribution in [-0.2, 0) is 5.54 Å². The first-order chi connectivity index (χ1) is 16.8. The molecule has 4 heterocycles. The molecule has 2 amide bonds. The number of halogens is 2. The molecule has 5 N–H and O–H groups in total. The Labute approximate surface area is 212 Å². The lowest BCUT2D eigenvalue weighted by Crippen LogP contribution is -2.59. The summed E-state index contributed by atoms with van der Waals surface area (Å²) in [7, 11) is -2.74. The van der Waals surface area contributed by atoms with Crippen LogP contribution < -0.4 is 15.4 Å². The number of carbonyl (C=O) groups is 2. The summed E-state index contributed by atoms with van der Waals surface area (Å²) in [5, 5.41) is 22.5. The van der Waals surface area contributed by atoms with E-state index in [0.29, 0.717) is 13.0 Å². The van der Waals surface area contributed by atoms with Gasteiger partial charge in [0.05, 0.1) is 20.6 Å². The van der Waals surface area contributed by atoms with Crippen molar-refractivity contribution in [3.63, 3.8) is 0 Å². The quantitative estimate of drug-likeness (QED) is 0.396. The molecule has 1 unspecified atom stereocenters. The van der Waals surface area contributed by atoms with Crippen LogP contribution >= 0.6 is 22.1 Å². The zero-order valence-electron chi connectivity index (χ0n) is 19.5. The molecule has 0 bridgehead atoms. The molecule has 190 valence electrons. The Morgan fingerprint density at radius 2 is 2.06 bits per heavy atom. The minimum Gasteiger partial charge on any atom is -0.465 e. The number of nitriles is 1. The van der Waals surface area contributed by atoms with Crippen LogP contribution in [0.3, 0.4) is 0 Å². The Morgan fingerprint density at radius 1 is 1.33 bits per heavy atom. The number of hydrogen-bond donors (Lipinski definition) is 5. The second-order valence-corrected chi connectivity index (χ2v) is 12.5. The van der Waals surface area contributed by atoms with E-state index in [4.69, 9.17) is 16.9 Å². The van der Waals surface area contributed by atoms with Crippen LogP contribution in [0.15, 0.2) is 29.4 Å². The molecule has 2 aromatic heterocycles. The molecule has 3 atom stereocenters. The van der Waals surface area contributed by atoms with Gasteiger partial charge in [0, 0.05) is 12.7 Å². The van der Waals surface area contributed by atoms with Crippen LogP contribution in [0.25, 0.3) is 0 Å². The van der Waals surface area contributed by atoms with Crippen molar-refractivity contribution in [2.24, 2.45) is 4.99 Å². The first kappa shape index (κ1) is 25.8. The maximum Gasteiger partial charge on any atom is 0.410 e. The van der Waals surface area contributed by atoms with Gasteiger partial charge in [0.15, 0.2) is 0 Å². The Hall–Kier alpha value is -3.31. The fraction of sp³-hybridized carbons (Fsp3) is 0.364. The predicted molar refractivity (Wildman–Crippen MR) is 133 cm³/mol. The number of amides is 2. The SMILES string of the molecule is CC1(C)C(NC(=O)O)=N[C@](C)(c2nc(NC(=O)c3ncc(C#N)cc3Cl)ccc2F)[C@H]2CCNS21O. The van der Waals surface area contributed by atoms with E-state index in [1.54, 1.807) is 20.8 Å². The lowest BCUT2D eigenvalue weighted by molar-refractivity contribution is 0.102. The van der Waals surface area contributed by atoms with E-state index in [0.717, 1.165) is 6.07 Å². The van der Waals surface area contributed by atoms with Gasteiger partial charge in [-0.15, -0.1) is 0 Å². The first-order valence-electron chi connectivity index (χ1n) is 10.8. The number of carbonyl (C=O) groups excluding carboxylic acids is 1. The topological polar surface area (TPSA) is 173 Å². The predicted octanol–water partition coefficient (Wildman–Crippen LogP) is 3.62. The minimum absolute atomic E-state index is 0.0233. The maximum absolute atomic E-state index is 15.2. The number of aliphatic imine (C=N–C) groups is 1. The van der Waals surface area contributed by atoms with Crippen molar-refractivity contribution in [3.05, 3.63) is 52.2 Å². The lowest BCUT2D eigenvalue weighted by atomic mass is 9.89. The number of nitrogens with one attached hydrogen (secondary N) is 3. The molecule has 2 aliphatic heterocycles. The van der Waals surface area contributed by atoms with Crippen LogP contribution in [0.1, 0.15) is 48.9 Å². The van der Waals surface area contributed by atoms with Crippen molar-refractivity contribution in [3.8, 4) is 6.07 Å². The third kappa shape index (κ3) is 4.05. The number of hydrogen-bond acceptors (Lipinski definition) is 8. The van der Waals surface area contributed by atoms with Crippen LogP contribution in [0.4, 0.5) is 15.0 Å². The number of rotatable bonds is 3. The molecule has 4 rings (SSSR count). The summed E-state index contributed by atoms with van der Waals surface area (Å²) in [6.07, 6.45) is 0.264. The maximum atomic E-state index is 15.2. The van der Waals surface area contributed by atoms with Gasteiger partial charge in [-0.2, -0.15) is 5.26 Å². The molecule has 14 heteroatoms. The van der Waals surface area contributed by atoms with E-state index >= 15 is 4.39 Å². The summed E-state index contributed by atoms with van der Waals surface area (Å²) in [6.45, 7) is 5.36. The summed E-state index contributed by atoms with van der Waals surface area (Å²) in [5.41, 5.74) is -1.61. The molecule has 0 aromatic carbocycles. The number of fused-ring (bicyclic) bond motifs is 1. The Bertz CT molecular complexity index is 1350. The van der Waals surface area contributed by atoms with Gasteiger partial charge in [-0.25, -0.2) is 19.2 Å². The molecular weight excluding hydrogens is 513 g/mol. The van der Waals surface area contributed by atoms with Gasteiger partial charge in [0.25, 0.3) is 5.91 Å². The summed E-state index contributed by atoms with van der Waals surface area (Å²) in [4.78, 5) is 37.1. The summed E-state index contributed by atoms with van der Waals surface area (Å²) < 4.78 is 29.0. The number of nitrogens with zero attached hydrogens (tertiary/aromatic N) is 4. The molecule has 1 saturated heterocycles. The average Bonchev–Trinajstić information content (AvgIpc) is 3.23. The second kappa shape index (κ2) is 8.97. The van der Waals surface area contributed by atoms with Gasteiger partial charge >= 0.3 is 6.09 Å². The highest BCUT2D eigenvalue weighted by molar-refractivity contribution is 8.29. The molecular formula is C22H23ClFN7O4S. The standard InChI is InChI=1S/C22H23ClFN7O4S/c1-21(2)19(30-20(33)34)31-22(3,14-6-7-27-36(14,21)35)17-13(24)4-5-15(28-17)29-18(32)16-12(23)8-11(9-25)10-26-16/h4-5,8,10,14,27,35H,6-7H2,1-3H3,(H,30,31)(H,33,34)(H,28,29,32)/t14-,22+/m1/s1. The van der Waals surface area contributed by atoms with Crippen LogP contribution in [0.2, 0.25) is 5.02 Å². The molecule has 1 fully saturated rings. The highest BCUT2D eigenvalue weighted by Gasteiger charge is 2.62. The van der Waals surface area contributed by atoms with E-state index < -0.39 is 43.8 Å². The Morgan fingerprint density at radius 3 is 2.69 bits per heavy atom. The molecule has 0 radical (unpaired) electrons. The zero-order chi connectivity index (χ0) is 26.5. The number of amidine groups is 1. The third-order valence-electron chi connectivity index (χ3n) is 6.44. The minimum atomic E-state index is -2.74. The van der Waals surface area contributed by atoms with Gasteiger partial charge in [-0.1, -0.05) is 22.1 Å². The van der Waals surface area contributed by atoms with Crippen molar-refractivity contribution in [2.75, 3.05) is 11.9 Å². The Balaban J connectivity index is 1.77. The fourth-order valence-corrected chi connectivity index (χ4v) is 8.18. The van der Waals surface area contributed by atoms with Crippen molar-refractivity contribution >= 4 is 45.7 Å².